The van der Waals surface area contributed by atoms with Crippen LogP contribution in [0.1, 0.15) is 21.7 Å². The molecule has 0 atom stereocenters. The van der Waals surface area contributed by atoms with E-state index in [4.69, 9.17) is 4.74 Å². The molecule has 0 N–H and O–H groups in total. The monoisotopic (exact) mass is 265 g/mol. The van der Waals surface area contributed by atoms with Crippen LogP contribution in [-0.4, -0.2) is 18.0 Å². The number of aromatic nitrogens is 1. The number of aldehydes is 1. The maximum atomic E-state index is 13.3. The molecule has 0 saturated carbocycles. The Morgan fingerprint density at radius 1 is 1.21 bits per heavy atom. The van der Waals surface area contributed by atoms with Crippen LogP contribution in [0.5, 0.6) is 0 Å². The Balaban J connectivity index is 2.66. The molecule has 0 aliphatic rings. The van der Waals surface area contributed by atoms with Crippen molar-refractivity contribution in [3.8, 4) is 5.69 Å². The van der Waals surface area contributed by atoms with E-state index in [0.29, 0.717) is 28.9 Å². The van der Waals surface area contributed by atoms with E-state index in [1.807, 2.05) is 0 Å². The van der Waals surface area contributed by atoms with Gasteiger partial charge >= 0.3 is 0 Å². The summed E-state index contributed by atoms with van der Waals surface area (Å²) in [4.78, 5) is 11.0. The molecular formula is C14H13F2NO2. The fourth-order valence-electron chi connectivity index (χ4n) is 2.13. The van der Waals surface area contributed by atoms with Gasteiger partial charge in [0.1, 0.15) is 11.6 Å². The minimum absolute atomic E-state index is 0.181. The molecule has 0 fully saturated rings. The van der Waals surface area contributed by atoms with Crippen molar-refractivity contribution >= 4 is 6.29 Å². The maximum absolute atomic E-state index is 13.3. The van der Waals surface area contributed by atoms with E-state index in [1.54, 1.807) is 17.6 Å². The van der Waals surface area contributed by atoms with Gasteiger partial charge in [0.2, 0.25) is 0 Å². The number of methoxy groups -OCH3 is 1. The second-order valence-electron chi connectivity index (χ2n) is 4.20. The van der Waals surface area contributed by atoms with Gasteiger partial charge in [-0.2, -0.15) is 0 Å². The molecule has 3 nitrogen and oxygen atoms in total. The highest BCUT2D eigenvalue weighted by Gasteiger charge is 2.15. The number of benzene rings is 1. The Hall–Kier alpha value is -2.01. The highest BCUT2D eigenvalue weighted by Crippen LogP contribution is 2.22. The molecular weight excluding hydrogens is 252 g/mol. The smallest absolute Gasteiger partial charge is 0.151 e. The lowest BCUT2D eigenvalue weighted by atomic mass is 10.2. The number of hydrogen-bond donors (Lipinski definition) is 0. The van der Waals surface area contributed by atoms with E-state index in [-0.39, 0.29) is 6.61 Å². The fourth-order valence-corrected chi connectivity index (χ4v) is 2.13. The molecule has 0 saturated heterocycles. The average Bonchev–Trinajstić information content (AvgIpc) is 2.65. The first-order valence-electron chi connectivity index (χ1n) is 5.68. The maximum Gasteiger partial charge on any atom is 0.151 e. The molecule has 1 heterocycles. The van der Waals surface area contributed by atoms with E-state index in [2.05, 4.69) is 0 Å². The van der Waals surface area contributed by atoms with Crippen LogP contribution in [0.15, 0.2) is 24.3 Å². The highest BCUT2D eigenvalue weighted by atomic mass is 19.1. The van der Waals surface area contributed by atoms with Crippen molar-refractivity contribution in [3.63, 3.8) is 0 Å². The van der Waals surface area contributed by atoms with Crippen molar-refractivity contribution in [2.45, 2.75) is 13.5 Å². The minimum Gasteiger partial charge on any atom is -0.378 e. The number of carbonyl (C=O) groups excluding carboxylic acids is 1. The van der Waals surface area contributed by atoms with Crippen LogP contribution in [-0.2, 0) is 11.3 Å². The van der Waals surface area contributed by atoms with E-state index >= 15 is 0 Å². The summed E-state index contributed by atoms with van der Waals surface area (Å²) < 4.78 is 33.2. The second kappa shape index (κ2) is 5.32. The third kappa shape index (κ3) is 2.56. The minimum atomic E-state index is -0.667. The molecule has 2 rings (SSSR count). The zero-order chi connectivity index (χ0) is 14.0. The molecule has 0 spiro atoms. The summed E-state index contributed by atoms with van der Waals surface area (Å²) in [7, 11) is 1.49. The first-order chi connectivity index (χ1) is 9.06. The van der Waals surface area contributed by atoms with Crippen LogP contribution in [0, 0.1) is 18.6 Å². The SMILES string of the molecule is COCc1c(C=O)cc(C)n1-c1cc(F)cc(F)c1. The number of rotatable bonds is 4. The fraction of sp³-hybridized carbons (Fsp3) is 0.214. The first-order valence-corrected chi connectivity index (χ1v) is 5.68. The van der Waals surface area contributed by atoms with Gasteiger partial charge in [-0.1, -0.05) is 0 Å². The van der Waals surface area contributed by atoms with Gasteiger partial charge in [0.15, 0.2) is 6.29 Å². The summed E-state index contributed by atoms with van der Waals surface area (Å²) in [6.45, 7) is 1.94. The second-order valence-corrected chi connectivity index (χ2v) is 4.20. The van der Waals surface area contributed by atoms with Gasteiger partial charge in [0, 0.05) is 24.4 Å². The summed E-state index contributed by atoms with van der Waals surface area (Å²) >= 11 is 0. The zero-order valence-corrected chi connectivity index (χ0v) is 10.6. The molecule has 0 amide bonds. The van der Waals surface area contributed by atoms with E-state index < -0.39 is 11.6 Å². The van der Waals surface area contributed by atoms with Gasteiger partial charge in [0.25, 0.3) is 0 Å². The predicted octanol–water partition coefficient (Wildman–Crippen LogP) is 3.02. The van der Waals surface area contributed by atoms with E-state index in [9.17, 15) is 13.6 Å². The van der Waals surface area contributed by atoms with Crippen molar-refractivity contribution < 1.29 is 18.3 Å². The van der Waals surface area contributed by atoms with E-state index in [0.717, 1.165) is 6.07 Å². The average molecular weight is 265 g/mol. The van der Waals surface area contributed by atoms with Gasteiger partial charge in [-0.15, -0.1) is 0 Å². The molecule has 0 aliphatic carbocycles. The largest absolute Gasteiger partial charge is 0.378 e. The molecule has 0 bridgehead atoms. The number of hydrogen-bond acceptors (Lipinski definition) is 2. The summed E-state index contributed by atoms with van der Waals surface area (Å²) in [5.41, 5.74) is 2.05. The van der Waals surface area contributed by atoms with Crippen LogP contribution >= 0.6 is 0 Å². The van der Waals surface area contributed by atoms with Crippen molar-refractivity contribution in [2.24, 2.45) is 0 Å². The van der Waals surface area contributed by atoms with Gasteiger partial charge in [0.05, 0.1) is 18.0 Å². The lowest BCUT2D eigenvalue weighted by Gasteiger charge is -2.12. The van der Waals surface area contributed by atoms with E-state index in [1.165, 1.54) is 19.2 Å². The molecule has 100 valence electrons. The Labute approximate surface area is 109 Å². The topological polar surface area (TPSA) is 31.2 Å². The number of aryl methyl sites for hydroxylation is 1. The highest BCUT2D eigenvalue weighted by molar-refractivity contribution is 5.77. The van der Waals surface area contributed by atoms with Gasteiger partial charge in [-0.25, -0.2) is 8.78 Å². The quantitative estimate of drug-likeness (QED) is 0.796. The molecule has 0 radical (unpaired) electrons. The van der Waals surface area contributed by atoms with Crippen molar-refractivity contribution in [1.29, 1.82) is 0 Å². The molecule has 5 heteroatoms. The van der Waals surface area contributed by atoms with Crippen molar-refractivity contribution in [2.75, 3.05) is 7.11 Å². The van der Waals surface area contributed by atoms with Gasteiger partial charge < -0.3 is 9.30 Å². The predicted molar refractivity (Wildman–Crippen MR) is 66.5 cm³/mol. The lowest BCUT2D eigenvalue weighted by Crippen LogP contribution is -2.05. The Kier molecular flexibility index (Phi) is 3.76. The Morgan fingerprint density at radius 2 is 1.84 bits per heavy atom. The number of ether oxygens (including phenoxy) is 1. The summed E-state index contributed by atoms with van der Waals surface area (Å²) in [5, 5.41) is 0. The number of halogens is 2. The standard InChI is InChI=1S/C14H13F2NO2/c1-9-3-10(7-18)14(8-19-2)17(9)13-5-11(15)4-12(16)6-13/h3-7H,8H2,1-2H3. The zero-order valence-electron chi connectivity index (χ0n) is 10.6. The molecule has 1 aromatic heterocycles. The Bertz CT molecular complexity index is 600. The first kappa shape index (κ1) is 13.4. The molecule has 2 aromatic rings. The Morgan fingerprint density at radius 3 is 2.37 bits per heavy atom. The molecule has 0 aliphatic heterocycles. The molecule has 19 heavy (non-hydrogen) atoms. The van der Waals surface area contributed by atoms with Crippen molar-refractivity contribution in [1.82, 2.24) is 4.57 Å². The van der Waals surface area contributed by atoms with Gasteiger partial charge in [-0.05, 0) is 25.1 Å². The normalized spacial score (nSPS) is 10.7. The summed E-state index contributed by atoms with van der Waals surface area (Å²) in [6.07, 6.45) is 0.702. The third-order valence-corrected chi connectivity index (χ3v) is 2.83. The van der Waals surface area contributed by atoms with Crippen LogP contribution in [0.2, 0.25) is 0 Å². The molecule has 0 unspecified atom stereocenters. The molecule has 1 aromatic carbocycles. The summed E-state index contributed by atoms with van der Waals surface area (Å²) in [5.74, 6) is -1.33. The van der Waals surface area contributed by atoms with Crippen LogP contribution in [0.4, 0.5) is 8.78 Å². The lowest BCUT2D eigenvalue weighted by molar-refractivity contribution is 0.111. The number of nitrogens with zero attached hydrogens (tertiary/aromatic N) is 1. The third-order valence-electron chi connectivity index (χ3n) is 2.83. The number of carbonyl (C=O) groups is 1. The van der Waals surface area contributed by atoms with Crippen molar-refractivity contribution in [3.05, 3.63) is 52.9 Å². The summed E-state index contributed by atoms with van der Waals surface area (Å²) in [6, 6.07) is 4.89. The van der Waals surface area contributed by atoms with Crippen LogP contribution in [0.3, 0.4) is 0 Å². The van der Waals surface area contributed by atoms with Gasteiger partial charge in [-0.3, -0.25) is 4.79 Å². The van der Waals surface area contributed by atoms with Crippen LogP contribution in [0.25, 0.3) is 5.69 Å². The van der Waals surface area contributed by atoms with Crippen LogP contribution < -0.4 is 0 Å².